The minimum atomic E-state index is -0.998. The molecule has 12 heteroatoms. The summed E-state index contributed by atoms with van der Waals surface area (Å²) in [5.41, 5.74) is 0.538. The number of thioether (sulfide) groups is 2. The minimum Gasteiger partial charge on any atom is -0.456 e. The van der Waals surface area contributed by atoms with Gasteiger partial charge in [-0.15, -0.1) is 11.8 Å². The maximum atomic E-state index is 13.0. The zero-order valence-corrected chi connectivity index (χ0v) is 22.9. The zero-order valence-electron chi connectivity index (χ0n) is 21.3. The monoisotopic (exact) mass is 548 g/mol. The molecular weight excluding hydrogens is 516 g/mol. The molecule has 0 saturated heterocycles. The Bertz CT molecular complexity index is 1090. The molecule has 1 aromatic heterocycles. The predicted molar refractivity (Wildman–Crippen MR) is 143 cm³/mol. The van der Waals surface area contributed by atoms with Gasteiger partial charge in [0.1, 0.15) is 23.5 Å². The number of esters is 1. The number of hydrogen-bond donors (Lipinski definition) is 3. The molecule has 1 aliphatic rings. The third-order valence-electron chi connectivity index (χ3n) is 5.19. The van der Waals surface area contributed by atoms with Crippen LogP contribution in [0.1, 0.15) is 56.2 Å². The molecule has 0 spiro atoms. The average molecular weight is 549 g/mol. The minimum absolute atomic E-state index is 0.00413. The van der Waals surface area contributed by atoms with Crippen LogP contribution < -0.4 is 16.0 Å². The first-order valence-electron chi connectivity index (χ1n) is 11.8. The van der Waals surface area contributed by atoms with Crippen molar-refractivity contribution in [1.82, 2.24) is 20.9 Å². The number of fused-ring (bicyclic) bond motifs is 2. The summed E-state index contributed by atoms with van der Waals surface area (Å²) in [5, 5.41) is 7.90. The van der Waals surface area contributed by atoms with Crippen LogP contribution >= 0.6 is 23.5 Å². The molecule has 0 saturated carbocycles. The van der Waals surface area contributed by atoms with E-state index in [4.69, 9.17) is 4.74 Å². The molecule has 10 nitrogen and oxygen atoms in total. The van der Waals surface area contributed by atoms with E-state index in [-0.39, 0.29) is 41.8 Å². The number of amides is 3. The molecule has 2 atom stereocenters. The fraction of sp³-hybridized carbons (Fsp3) is 0.440. The van der Waals surface area contributed by atoms with Gasteiger partial charge >= 0.3 is 5.97 Å². The van der Waals surface area contributed by atoms with Crippen molar-refractivity contribution in [3.63, 3.8) is 0 Å². The van der Waals surface area contributed by atoms with Crippen molar-refractivity contribution in [2.75, 3.05) is 12.0 Å². The first kappa shape index (κ1) is 30.1. The summed E-state index contributed by atoms with van der Waals surface area (Å²) in [4.78, 5) is 67.5. The number of carbonyl (C=O) groups is 5. The summed E-state index contributed by atoms with van der Waals surface area (Å²) < 4.78 is 5.56. The highest BCUT2D eigenvalue weighted by Gasteiger charge is 2.27. The Morgan fingerprint density at radius 1 is 1.22 bits per heavy atom. The lowest BCUT2D eigenvalue weighted by atomic mass is 10.1. The number of rotatable bonds is 6. The van der Waals surface area contributed by atoms with Gasteiger partial charge in [-0.25, -0.2) is 9.78 Å². The van der Waals surface area contributed by atoms with Gasteiger partial charge in [-0.1, -0.05) is 30.8 Å². The summed E-state index contributed by atoms with van der Waals surface area (Å²) in [6.45, 7) is 4.84. The lowest BCUT2D eigenvalue weighted by Gasteiger charge is -2.21. The Hall–Kier alpha value is -3.12. The second kappa shape index (κ2) is 15.2. The quantitative estimate of drug-likeness (QED) is 0.161. The molecule has 1 aromatic rings. The molecule has 37 heavy (non-hydrogen) atoms. The smallest absolute Gasteiger partial charge is 0.329 e. The average Bonchev–Trinajstić information content (AvgIpc) is 2.87. The van der Waals surface area contributed by atoms with Crippen molar-refractivity contribution in [2.45, 2.75) is 63.6 Å². The van der Waals surface area contributed by atoms with Gasteiger partial charge in [0.25, 0.3) is 11.8 Å². The van der Waals surface area contributed by atoms with Crippen LogP contribution in [0.3, 0.4) is 0 Å². The standard InChI is InChI=1S/C25H32N4O6S2/c1-5-18-23(32)29-19(6-2)25(34)35-17(9-7-8-12-37-15(3)30)13-21(31)26-14-16-10-11-20(36-4)22(27-16)24(33)28-18/h5,7,9-11,17,19H,6,8,12-14H2,1-4H3,(H,26,31)(H,28,33)(H,29,32)/b9-7+,18-5-/t17-,19+/m1/s1. The number of aromatic nitrogens is 1. The Balaban J connectivity index is 2.36. The van der Waals surface area contributed by atoms with Crippen LogP contribution in [0, 0.1) is 0 Å². The largest absolute Gasteiger partial charge is 0.456 e. The first-order valence-corrected chi connectivity index (χ1v) is 14.0. The zero-order chi connectivity index (χ0) is 27.4. The van der Waals surface area contributed by atoms with E-state index in [1.807, 2.05) is 0 Å². The molecule has 3 amide bonds. The highest BCUT2D eigenvalue weighted by atomic mass is 32.2. The molecule has 1 aliphatic heterocycles. The van der Waals surface area contributed by atoms with Gasteiger partial charge in [0, 0.05) is 17.6 Å². The first-order chi connectivity index (χ1) is 17.7. The van der Waals surface area contributed by atoms with Crippen molar-refractivity contribution >= 4 is 52.3 Å². The van der Waals surface area contributed by atoms with Gasteiger partial charge in [-0.3, -0.25) is 19.2 Å². The summed E-state index contributed by atoms with van der Waals surface area (Å²) in [7, 11) is 0. The van der Waals surface area contributed by atoms with Gasteiger partial charge in [0.05, 0.1) is 18.7 Å². The third-order valence-corrected chi connectivity index (χ3v) is 6.81. The molecule has 2 bridgehead atoms. The molecule has 0 fully saturated rings. The van der Waals surface area contributed by atoms with Crippen LogP contribution in [0.25, 0.3) is 0 Å². The van der Waals surface area contributed by atoms with Gasteiger partial charge in [0.15, 0.2) is 5.12 Å². The number of ether oxygens (including phenoxy) is 1. The topological polar surface area (TPSA) is 144 Å². The van der Waals surface area contributed by atoms with Crippen molar-refractivity contribution in [3.8, 4) is 0 Å². The van der Waals surface area contributed by atoms with Crippen LogP contribution in [0.4, 0.5) is 0 Å². The van der Waals surface area contributed by atoms with Crippen LogP contribution in [0.2, 0.25) is 0 Å². The lowest BCUT2D eigenvalue weighted by molar-refractivity contribution is -0.151. The molecule has 0 aliphatic carbocycles. The van der Waals surface area contributed by atoms with Crippen LogP contribution in [-0.4, -0.2) is 57.9 Å². The van der Waals surface area contributed by atoms with E-state index >= 15 is 0 Å². The van der Waals surface area contributed by atoms with Crippen LogP contribution in [-0.2, 0) is 30.5 Å². The van der Waals surface area contributed by atoms with Gasteiger partial charge in [-0.05, 0) is 44.2 Å². The third kappa shape index (κ3) is 9.69. The Kier molecular flexibility index (Phi) is 12.4. The van der Waals surface area contributed by atoms with Crippen molar-refractivity contribution in [1.29, 1.82) is 0 Å². The number of allylic oxidation sites excluding steroid dienone is 2. The van der Waals surface area contributed by atoms with E-state index < -0.39 is 29.9 Å². The van der Waals surface area contributed by atoms with E-state index in [2.05, 4.69) is 20.9 Å². The maximum Gasteiger partial charge on any atom is 0.329 e. The summed E-state index contributed by atoms with van der Waals surface area (Å²) in [6.07, 6.45) is 6.34. The van der Waals surface area contributed by atoms with E-state index in [0.29, 0.717) is 22.8 Å². The molecule has 2 rings (SSSR count). The molecule has 2 heterocycles. The molecule has 0 aromatic carbocycles. The number of nitrogens with zero attached hydrogens (tertiary/aromatic N) is 1. The van der Waals surface area contributed by atoms with Crippen LogP contribution in [0.5, 0.6) is 0 Å². The summed E-state index contributed by atoms with van der Waals surface area (Å²) >= 11 is 2.50. The molecule has 0 radical (unpaired) electrons. The summed E-state index contributed by atoms with van der Waals surface area (Å²) in [6, 6.07) is 2.43. The fourth-order valence-corrected chi connectivity index (χ4v) is 4.34. The SMILES string of the molecule is C/C=C1\NC(=O)c2nc(ccc2SC)CNC(=O)C[C@@H](/C=C/CCSC(C)=O)OC(=O)[C@H](CC)NC1=O. The number of cyclic esters (lactones) is 1. The van der Waals surface area contributed by atoms with E-state index in [1.54, 1.807) is 44.4 Å². The fourth-order valence-electron chi connectivity index (χ4n) is 3.26. The van der Waals surface area contributed by atoms with Crippen molar-refractivity contribution < 1.29 is 28.7 Å². The van der Waals surface area contributed by atoms with E-state index in [9.17, 15) is 24.0 Å². The molecule has 3 N–H and O–H groups in total. The van der Waals surface area contributed by atoms with Gasteiger partial charge in [0.2, 0.25) is 5.91 Å². The second-order valence-corrected chi connectivity index (χ2v) is 10.1. The van der Waals surface area contributed by atoms with E-state index in [1.165, 1.54) is 36.5 Å². The normalized spacial score (nSPS) is 20.8. The van der Waals surface area contributed by atoms with Gasteiger partial charge < -0.3 is 20.7 Å². The second-order valence-electron chi connectivity index (χ2n) is 7.96. The van der Waals surface area contributed by atoms with Crippen LogP contribution in [0.15, 0.2) is 41.0 Å². The van der Waals surface area contributed by atoms with Gasteiger partial charge in [-0.2, -0.15) is 0 Å². The summed E-state index contributed by atoms with van der Waals surface area (Å²) in [5.74, 6) is -1.77. The van der Waals surface area contributed by atoms with Crippen molar-refractivity contribution in [2.24, 2.45) is 0 Å². The number of pyridine rings is 1. The number of hydrogen-bond acceptors (Lipinski definition) is 9. The highest BCUT2D eigenvalue weighted by Crippen LogP contribution is 2.20. The van der Waals surface area contributed by atoms with E-state index in [0.717, 1.165) is 0 Å². The Morgan fingerprint density at radius 3 is 2.62 bits per heavy atom. The highest BCUT2D eigenvalue weighted by molar-refractivity contribution is 8.13. The molecular formula is C25H32N4O6S2. The van der Waals surface area contributed by atoms with Crippen molar-refractivity contribution in [3.05, 3.63) is 47.4 Å². The molecule has 200 valence electrons. The number of nitrogens with one attached hydrogen (secondary N) is 3. The lowest BCUT2D eigenvalue weighted by Crippen LogP contribution is -2.46. The Labute approximate surface area is 224 Å². The predicted octanol–water partition coefficient (Wildman–Crippen LogP) is 2.49. The Morgan fingerprint density at radius 2 is 1.97 bits per heavy atom. The molecule has 0 unspecified atom stereocenters. The number of carbonyl (C=O) groups excluding carboxylic acids is 5. The maximum absolute atomic E-state index is 13.0.